The zero-order valence-electron chi connectivity index (χ0n) is 23.4. The van der Waals surface area contributed by atoms with Gasteiger partial charge in [0.15, 0.2) is 0 Å². The van der Waals surface area contributed by atoms with E-state index in [0.29, 0.717) is 0 Å². The lowest BCUT2D eigenvalue weighted by Gasteiger charge is -2.22. The molecular weight excluding hydrogens is 520 g/mol. The fourth-order valence-electron chi connectivity index (χ4n) is 7.00. The van der Waals surface area contributed by atoms with Crippen LogP contribution in [0.1, 0.15) is 0 Å². The Labute approximate surface area is 250 Å². The molecule has 200 valence electrons. The summed E-state index contributed by atoms with van der Waals surface area (Å²) in [6.07, 6.45) is 0. The molecule has 0 aliphatic carbocycles. The van der Waals surface area contributed by atoms with E-state index in [-0.39, 0.29) is 0 Å². The van der Waals surface area contributed by atoms with Gasteiger partial charge in [-0.3, -0.25) is 0 Å². The Kier molecular flexibility index (Phi) is 5.27. The van der Waals surface area contributed by atoms with Crippen LogP contribution in [0.25, 0.3) is 76.8 Å². The van der Waals surface area contributed by atoms with Gasteiger partial charge in [-0.2, -0.15) is 0 Å². The molecule has 0 aromatic heterocycles. The highest BCUT2D eigenvalue weighted by molar-refractivity contribution is 6.21. The first-order chi connectivity index (χ1) is 21.3. The standard InChI is InChI=1S/C42H26O/c1-2-11-28(12-3-1)40-34-14-4-6-16-36(34)41(37-17-7-5-15-35(37)40)29-23-21-27(22-24-29)30-25-26-39-42-32(30)18-10-19-33(42)31-13-8-9-20-38(31)43-39/h1-26H. The highest BCUT2D eigenvalue weighted by Gasteiger charge is 2.21. The van der Waals surface area contributed by atoms with Gasteiger partial charge < -0.3 is 4.74 Å². The molecule has 1 aliphatic rings. The van der Waals surface area contributed by atoms with Crippen molar-refractivity contribution in [3.8, 4) is 56.0 Å². The quantitative estimate of drug-likeness (QED) is 0.200. The second-order valence-corrected chi connectivity index (χ2v) is 11.2. The van der Waals surface area contributed by atoms with Crippen LogP contribution in [0, 0.1) is 0 Å². The van der Waals surface area contributed by atoms with Crippen LogP contribution in [0.2, 0.25) is 0 Å². The molecule has 0 N–H and O–H groups in total. The topological polar surface area (TPSA) is 9.23 Å². The lowest BCUT2D eigenvalue weighted by Crippen LogP contribution is -1.97. The molecule has 8 aromatic carbocycles. The van der Waals surface area contributed by atoms with E-state index in [1.807, 2.05) is 12.1 Å². The summed E-state index contributed by atoms with van der Waals surface area (Å²) >= 11 is 0. The summed E-state index contributed by atoms with van der Waals surface area (Å²) in [7, 11) is 0. The normalized spacial score (nSPS) is 11.9. The van der Waals surface area contributed by atoms with Gasteiger partial charge >= 0.3 is 0 Å². The maximum Gasteiger partial charge on any atom is 0.135 e. The van der Waals surface area contributed by atoms with Crippen LogP contribution in [0.3, 0.4) is 0 Å². The highest BCUT2D eigenvalue weighted by atomic mass is 16.5. The van der Waals surface area contributed by atoms with E-state index >= 15 is 0 Å². The molecule has 0 fully saturated rings. The maximum absolute atomic E-state index is 6.34. The van der Waals surface area contributed by atoms with E-state index in [2.05, 4.69) is 146 Å². The third-order valence-electron chi connectivity index (χ3n) is 8.88. The molecule has 0 unspecified atom stereocenters. The smallest absolute Gasteiger partial charge is 0.135 e. The Hall–Kier alpha value is -5.66. The minimum absolute atomic E-state index is 0.914. The molecule has 1 heterocycles. The molecule has 1 nitrogen and oxygen atoms in total. The van der Waals surface area contributed by atoms with Crippen LogP contribution < -0.4 is 4.74 Å². The van der Waals surface area contributed by atoms with Crippen molar-refractivity contribution in [1.82, 2.24) is 0 Å². The average Bonchev–Trinajstić information content (AvgIpc) is 3.08. The van der Waals surface area contributed by atoms with Gasteiger partial charge in [-0.05, 0) is 78.0 Å². The van der Waals surface area contributed by atoms with Crippen molar-refractivity contribution in [3.05, 3.63) is 158 Å². The number of hydrogen-bond acceptors (Lipinski definition) is 1. The van der Waals surface area contributed by atoms with Crippen molar-refractivity contribution in [2.45, 2.75) is 0 Å². The number of fused-ring (bicyclic) bond motifs is 4. The van der Waals surface area contributed by atoms with Gasteiger partial charge in [-0.25, -0.2) is 0 Å². The Morgan fingerprint density at radius 1 is 0.279 bits per heavy atom. The highest BCUT2D eigenvalue weighted by Crippen LogP contribution is 2.49. The SMILES string of the molecule is c1ccc(-c2c3ccccc3c(-c3ccc(-c4ccc5c6c(cccc46)-c4ccccc4O5)cc3)c3ccccc23)cc1. The number of benzene rings is 8. The van der Waals surface area contributed by atoms with Gasteiger partial charge in [0.1, 0.15) is 11.5 Å². The predicted molar refractivity (Wildman–Crippen MR) is 181 cm³/mol. The summed E-state index contributed by atoms with van der Waals surface area (Å²) in [6.45, 7) is 0. The first kappa shape index (κ1) is 24.0. The van der Waals surface area contributed by atoms with Crippen LogP contribution in [0.5, 0.6) is 11.5 Å². The van der Waals surface area contributed by atoms with Crippen molar-refractivity contribution < 1.29 is 4.74 Å². The largest absolute Gasteiger partial charge is 0.456 e. The van der Waals surface area contributed by atoms with E-state index in [1.165, 1.54) is 71.3 Å². The van der Waals surface area contributed by atoms with Gasteiger partial charge in [-0.1, -0.05) is 146 Å². The summed E-state index contributed by atoms with van der Waals surface area (Å²) < 4.78 is 6.34. The third-order valence-corrected chi connectivity index (χ3v) is 8.88. The maximum atomic E-state index is 6.34. The van der Waals surface area contributed by atoms with Crippen molar-refractivity contribution >= 4 is 32.3 Å². The van der Waals surface area contributed by atoms with Crippen molar-refractivity contribution in [1.29, 1.82) is 0 Å². The molecule has 0 bridgehead atoms. The Morgan fingerprint density at radius 2 is 0.791 bits per heavy atom. The lowest BCUT2D eigenvalue weighted by molar-refractivity contribution is 0.487. The van der Waals surface area contributed by atoms with Gasteiger partial charge in [0.25, 0.3) is 0 Å². The van der Waals surface area contributed by atoms with Crippen LogP contribution in [0.4, 0.5) is 0 Å². The van der Waals surface area contributed by atoms with Gasteiger partial charge in [0.2, 0.25) is 0 Å². The van der Waals surface area contributed by atoms with Crippen LogP contribution in [-0.2, 0) is 0 Å². The summed E-state index contributed by atoms with van der Waals surface area (Å²) in [4.78, 5) is 0. The summed E-state index contributed by atoms with van der Waals surface area (Å²) in [5, 5.41) is 7.47. The van der Waals surface area contributed by atoms with E-state index in [9.17, 15) is 0 Å². The van der Waals surface area contributed by atoms with Gasteiger partial charge in [0, 0.05) is 10.9 Å². The fourth-order valence-corrected chi connectivity index (χ4v) is 7.00. The average molecular weight is 547 g/mol. The molecule has 0 atom stereocenters. The van der Waals surface area contributed by atoms with E-state index in [4.69, 9.17) is 4.74 Å². The van der Waals surface area contributed by atoms with E-state index in [0.717, 1.165) is 17.1 Å². The first-order valence-electron chi connectivity index (χ1n) is 14.8. The molecule has 0 spiro atoms. The molecule has 8 aromatic rings. The zero-order chi connectivity index (χ0) is 28.3. The van der Waals surface area contributed by atoms with Gasteiger partial charge in [-0.15, -0.1) is 0 Å². The minimum atomic E-state index is 0.914. The first-order valence-corrected chi connectivity index (χ1v) is 14.8. The molecule has 0 amide bonds. The predicted octanol–water partition coefficient (Wildman–Crippen LogP) is 11.9. The molecular formula is C42H26O. The van der Waals surface area contributed by atoms with E-state index < -0.39 is 0 Å². The minimum Gasteiger partial charge on any atom is -0.456 e. The van der Waals surface area contributed by atoms with Crippen molar-refractivity contribution in [2.75, 3.05) is 0 Å². The number of rotatable bonds is 3. The fraction of sp³-hybridized carbons (Fsp3) is 0. The summed E-state index contributed by atoms with van der Waals surface area (Å²) in [6, 6.07) is 56.7. The summed E-state index contributed by atoms with van der Waals surface area (Å²) in [5.74, 6) is 1.83. The second-order valence-electron chi connectivity index (χ2n) is 11.2. The van der Waals surface area contributed by atoms with Crippen molar-refractivity contribution in [3.63, 3.8) is 0 Å². The van der Waals surface area contributed by atoms with Crippen LogP contribution in [0.15, 0.2) is 158 Å². The van der Waals surface area contributed by atoms with Crippen LogP contribution >= 0.6 is 0 Å². The second kappa shape index (κ2) is 9.44. The Morgan fingerprint density at radius 3 is 1.47 bits per heavy atom. The Bertz CT molecular complexity index is 2290. The molecule has 1 heteroatoms. The number of para-hydroxylation sites is 1. The molecule has 9 rings (SSSR count). The van der Waals surface area contributed by atoms with Gasteiger partial charge in [0.05, 0.1) is 0 Å². The molecule has 1 aliphatic heterocycles. The van der Waals surface area contributed by atoms with Crippen molar-refractivity contribution in [2.24, 2.45) is 0 Å². The number of ether oxygens (including phenoxy) is 1. The molecule has 43 heavy (non-hydrogen) atoms. The summed E-state index contributed by atoms with van der Waals surface area (Å²) in [5.41, 5.74) is 9.81. The third kappa shape index (κ3) is 3.65. The lowest BCUT2D eigenvalue weighted by atomic mass is 9.85. The van der Waals surface area contributed by atoms with Crippen LogP contribution in [-0.4, -0.2) is 0 Å². The molecule has 0 saturated heterocycles. The molecule has 0 saturated carbocycles. The zero-order valence-corrected chi connectivity index (χ0v) is 23.4. The monoisotopic (exact) mass is 546 g/mol. The molecule has 0 radical (unpaired) electrons. The Balaban J connectivity index is 1.23. The number of hydrogen-bond donors (Lipinski definition) is 0. The van der Waals surface area contributed by atoms with E-state index in [1.54, 1.807) is 0 Å².